The van der Waals surface area contributed by atoms with Crippen molar-refractivity contribution in [2.75, 3.05) is 6.79 Å². The first-order valence-corrected chi connectivity index (χ1v) is 12.4. The van der Waals surface area contributed by atoms with E-state index in [0.29, 0.717) is 6.79 Å². The molecule has 0 amide bonds. The Kier molecular flexibility index (Phi) is 6.80. The summed E-state index contributed by atoms with van der Waals surface area (Å²) in [4.78, 5) is 7.52. The third kappa shape index (κ3) is 4.28. The maximum atomic E-state index is 5.76. The van der Waals surface area contributed by atoms with E-state index in [4.69, 9.17) is 14.5 Å². The van der Waals surface area contributed by atoms with Gasteiger partial charge in [0.2, 0.25) is 6.79 Å². The summed E-state index contributed by atoms with van der Waals surface area (Å²) in [6, 6.07) is 17.2. The van der Waals surface area contributed by atoms with Crippen LogP contribution in [-0.2, 0) is 6.42 Å². The fourth-order valence-corrected chi connectivity index (χ4v) is 5.68. The van der Waals surface area contributed by atoms with Crippen molar-refractivity contribution in [3.05, 3.63) is 69.9 Å². The molecule has 0 spiro atoms. The molecule has 2 aliphatic rings. The Morgan fingerprint density at radius 2 is 1.93 bits per heavy atom. The summed E-state index contributed by atoms with van der Waals surface area (Å²) in [5.41, 5.74) is 4.76. The number of benzene rings is 2. The lowest BCUT2D eigenvalue weighted by Crippen LogP contribution is -2.04. The van der Waals surface area contributed by atoms with Crippen LogP contribution in [-0.4, -0.2) is 12.5 Å². The molecule has 1 unspecified atom stereocenters. The molecule has 3 aromatic rings. The number of thioether (sulfide) groups is 1. The number of hydrogen-bond acceptors (Lipinski definition) is 5. The molecule has 0 N–H and O–H groups in total. The van der Waals surface area contributed by atoms with Gasteiger partial charge in [-0.15, -0.1) is 23.1 Å². The minimum Gasteiger partial charge on any atom is -0.454 e. The molecule has 5 rings (SSSR count). The van der Waals surface area contributed by atoms with Gasteiger partial charge in [-0.25, -0.2) is 0 Å². The molecule has 156 valence electrons. The Bertz CT molecular complexity index is 1030. The maximum absolute atomic E-state index is 5.76. The molecule has 0 bridgehead atoms. The van der Waals surface area contributed by atoms with E-state index in [9.17, 15) is 0 Å². The summed E-state index contributed by atoms with van der Waals surface area (Å²) >= 11 is 3.66. The van der Waals surface area contributed by atoms with Crippen molar-refractivity contribution in [3.8, 4) is 11.5 Å². The van der Waals surface area contributed by atoms with Crippen molar-refractivity contribution in [2.24, 2.45) is 4.99 Å². The zero-order chi connectivity index (χ0) is 20.9. The van der Waals surface area contributed by atoms with E-state index >= 15 is 0 Å². The monoisotopic (exact) mass is 437 g/mol. The first-order chi connectivity index (χ1) is 14.8. The number of fused-ring (bicyclic) bond motifs is 2. The number of hydrogen-bond donors (Lipinski definition) is 0. The minimum atomic E-state index is 0.287. The molecular formula is C25H27NO2S2. The summed E-state index contributed by atoms with van der Waals surface area (Å²) in [6.45, 7) is 6.52. The van der Waals surface area contributed by atoms with Crippen LogP contribution in [0.1, 0.15) is 54.9 Å². The fraction of sp³-hybridized carbons (Fsp3) is 0.320. The predicted octanol–water partition coefficient (Wildman–Crippen LogP) is 7.81. The Balaban J connectivity index is 0.00000106. The molecule has 5 heteroatoms. The third-order valence-corrected chi connectivity index (χ3v) is 7.28. The topological polar surface area (TPSA) is 30.8 Å². The van der Waals surface area contributed by atoms with Crippen LogP contribution >= 0.6 is 23.1 Å². The number of rotatable bonds is 4. The molecule has 2 aromatic carbocycles. The molecule has 0 fully saturated rings. The van der Waals surface area contributed by atoms with Crippen LogP contribution in [0.3, 0.4) is 0 Å². The van der Waals surface area contributed by atoms with Gasteiger partial charge in [0, 0.05) is 21.4 Å². The van der Waals surface area contributed by atoms with Crippen LogP contribution in [0.4, 0.5) is 5.69 Å². The molecule has 30 heavy (non-hydrogen) atoms. The van der Waals surface area contributed by atoms with Crippen molar-refractivity contribution < 1.29 is 9.47 Å². The van der Waals surface area contributed by atoms with Crippen LogP contribution in [0, 0.1) is 0 Å². The van der Waals surface area contributed by atoms with Gasteiger partial charge in [0.1, 0.15) is 0 Å². The standard InChI is InChI=1S/C23H21NO2S2.C2H6/c1-2-6-15-11-16(12-19-23(15)26-14-25-19)22-13-18(20-9-5-10-27-20)24-17-7-3-4-8-21(17)28-22;1-2/h3-5,7-12,22H,2,6,13-14H2,1H3;1-2H3. The summed E-state index contributed by atoms with van der Waals surface area (Å²) in [5, 5.41) is 2.41. The molecule has 1 aromatic heterocycles. The minimum absolute atomic E-state index is 0.287. The molecule has 0 saturated heterocycles. The van der Waals surface area contributed by atoms with Crippen molar-refractivity contribution in [2.45, 2.75) is 50.2 Å². The average molecular weight is 438 g/mol. The van der Waals surface area contributed by atoms with Gasteiger partial charge in [-0.05, 0) is 47.2 Å². The third-order valence-electron chi connectivity index (χ3n) is 5.04. The van der Waals surface area contributed by atoms with Crippen molar-refractivity contribution >= 4 is 34.5 Å². The number of ether oxygens (including phenoxy) is 2. The lowest BCUT2D eigenvalue weighted by Gasteiger charge is -2.18. The average Bonchev–Trinajstić information content (AvgIpc) is 3.44. The Morgan fingerprint density at radius 1 is 1.07 bits per heavy atom. The van der Waals surface area contributed by atoms with Gasteiger partial charge >= 0.3 is 0 Å². The second-order valence-electron chi connectivity index (χ2n) is 6.98. The molecule has 3 nitrogen and oxygen atoms in total. The number of aryl methyl sites for hydroxylation is 1. The van der Waals surface area contributed by atoms with E-state index < -0.39 is 0 Å². The summed E-state index contributed by atoms with van der Waals surface area (Å²) in [6.07, 6.45) is 2.98. The van der Waals surface area contributed by atoms with Crippen LogP contribution in [0.5, 0.6) is 11.5 Å². The molecule has 0 aliphatic carbocycles. The highest BCUT2D eigenvalue weighted by atomic mass is 32.2. The van der Waals surface area contributed by atoms with E-state index in [1.165, 1.54) is 20.9 Å². The van der Waals surface area contributed by atoms with Gasteiger partial charge in [-0.2, -0.15) is 0 Å². The lowest BCUT2D eigenvalue weighted by molar-refractivity contribution is 0.173. The molecule has 0 saturated carbocycles. The zero-order valence-corrected chi connectivity index (χ0v) is 19.3. The van der Waals surface area contributed by atoms with Crippen LogP contribution in [0.15, 0.2) is 63.8 Å². The highest BCUT2D eigenvalue weighted by Gasteiger charge is 2.26. The summed E-state index contributed by atoms with van der Waals surface area (Å²) in [7, 11) is 0. The van der Waals surface area contributed by atoms with Crippen molar-refractivity contribution in [3.63, 3.8) is 0 Å². The number of aliphatic imine (C=N–C) groups is 1. The van der Waals surface area contributed by atoms with Gasteiger partial charge in [0.05, 0.1) is 11.4 Å². The Morgan fingerprint density at radius 3 is 2.73 bits per heavy atom. The van der Waals surface area contributed by atoms with Gasteiger partial charge in [-0.1, -0.05) is 51.5 Å². The van der Waals surface area contributed by atoms with Crippen LogP contribution in [0.2, 0.25) is 0 Å². The van der Waals surface area contributed by atoms with Gasteiger partial charge in [0.25, 0.3) is 0 Å². The molecule has 0 radical (unpaired) electrons. The van der Waals surface area contributed by atoms with Gasteiger partial charge < -0.3 is 9.47 Å². The molecule has 1 atom stereocenters. The number of nitrogens with zero attached hydrogens (tertiary/aromatic N) is 1. The lowest BCUT2D eigenvalue weighted by atomic mass is 9.99. The quantitative estimate of drug-likeness (QED) is 0.417. The first kappa shape index (κ1) is 21.0. The first-order valence-electron chi connectivity index (χ1n) is 10.6. The molecule has 3 heterocycles. The Labute approximate surface area is 187 Å². The summed E-state index contributed by atoms with van der Waals surface area (Å²) in [5.74, 6) is 1.81. The van der Waals surface area contributed by atoms with E-state index in [1.807, 2.05) is 25.6 Å². The van der Waals surface area contributed by atoms with Crippen LogP contribution < -0.4 is 9.47 Å². The van der Waals surface area contributed by atoms with Crippen molar-refractivity contribution in [1.29, 1.82) is 0 Å². The van der Waals surface area contributed by atoms with E-state index in [2.05, 4.69) is 60.8 Å². The van der Waals surface area contributed by atoms with E-state index in [-0.39, 0.29) is 5.25 Å². The van der Waals surface area contributed by atoms with E-state index in [1.54, 1.807) is 11.3 Å². The smallest absolute Gasteiger partial charge is 0.231 e. The molecule has 2 aliphatic heterocycles. The maximum Gasteiger partial charge on any atom is 0.231 e. The number of para-hydroxylation sites is 1. The van der Waals surface area contributed by atoms with E-state index in [0.717, 1.165) is 42.2 Å². The highest BCUT2D eigenvalue weighted by molar-refractivity contribution is 7.99. The normalized spacial score (nSPS) is 16.8. The molecular weight excluding hydrogens is 410 g/mol. The predicted molar refractivity (Wildman–Crippen MR) is 128 cm³/mol. The highest BCUT2D eigenvalue weighted by Crippen LogP contribution is 2.48. The second-order valence-corrected chi connectivity index (χ2v) is 9.17. The van der Waals surface area contributed by atoms with Gasteiger partial charge in [-0.3, -0.25) is 4.99 Å². The zero-order valence-electron chi connectivity index (χ0n) is 17.7. The SMILES string of the molecule is CC.CCCc1cc(C2CC(c3cccs3)=Nc3ccccc3S2)cc2c1OCO2. The summed E-state index contributed by atoms with van der Waals surface area (Å²) < 4.78 is 11.5. The Hall–Kier alpha value is -2.24. The van der Waals surface area contributed by atoms with Crippen molar-refractivity contribution in [1.82, 2.24) is 0 Å². The number of thiophene rings is 1. The van der Waals surface area contributed by atoms with Crippen LogP contribution in [0.25, 0.3) is 0 Å². The second kappa shape index (κ2) is 9.71. The largest absolute Gasteiger partial charge is 0.454 e. The van der Waals surface area contributed by atoms with Gasteiger partial charge in [0.15, 0.2) is 11.5 Å². The fourth-order valence-electron chi connectivity index (χ4n) is 3.74.